The molecule has 0 unspecified atom stereocenters. The first-order valence-electron chi connectivity index (χ1n) is 7.84. The first kappa shape index (κ1) is 18.1. The standard InChI is InChI=1S/C17H30N.FH/c1-3-5-6-7-8-9-10-11-14-18-15-12-17(4-2)13-16-18;/h12-13,15-16H,3-11,14H2,1-2H3;1H/q+1;/p-1. The molecule has 0 aliphatic carbocycles. The van der Waals surface area contributed by atoms with Crippen LogP contribution in [-0.2, 0) is 13.0 Å². The fourth-order valence-electron chi connectivity index (χ4n) is 2.30. The van der Waals surface area contributed by atoms with Crippen LogP contribution in [0.15, 0.2) is 24.5 Å². The first-order valence-corrected chi connectivity index (χ1v) is 7.84. The Hall–Kier alpha value is -0.920. The molecule has 0 radical (unpaired) electrons. The second kappa shape index (κ2) is 12.1. The average molecular weight is 267 g/mol. The lowest BCUT2D eigenvalue weighted by Crippen LogP contribution is -3.00. The summed E-state index contributed by atoms with van der Waals surface area (Å²) in [5.41, 5.74) is 1.43. The van der Waals surface area contributed by atoms with Gasteiger partial charge in [0.15, 0.2) is 12.4 Å². The van der Waals surface area contributed by atoms with Crippen molar-refractivity contribution < 1.29 is 9.27 Å². The van der Waals surface area contributed by atoms with Crippen LogP contribution in [0.25, 0.3) is 0 Å². The molecule has 19 heavy (non-hydrogen) atoms. The van der Waals surface area contributed by atoms with E-state index in [1.165, 1.54) is 63.5 Å². The Bertz CT molecular complexity index is 295. The van der Waals surface area contributed by atoms with Crippen molar-refractivity contribution in [3.63, 3.8) is 0 Å². The molecule has 2 heteroatoms. The highest BCUT2D eigenvalue weighted by Crippen LogP contribution is 2.08. The summed E-state index contributed by atoms with van der Waals surface area (Å²) in [4.78, 5) is 0. The molecule has 0 amide bonds. The molecule has 0 atom stereocenters. The van der Waals surface area contributed by atoms with Crippen LogP contribution >= 0.6 is 0 Å². The number of pyridine rings is 1. The van der Waals surface area contributed by atoms with Crippen LogP contribution in [0.3, 0.4) is 0 Å². The van der Waals surface area contributed by atoms with Gasteiger partial charge < -0.3 is 4.70 Å². The minimum atomic E-state index is 0. The topological polar surface area (TPSA) is 3.88 Å². The number of halogens is 1. The summed E-state index contributed by atoms with van der Waals surface area (Å²) in [5.74, 6) is 0. The summed E-state index contributed by atoms with van der Waals surface area (Å²) >= 11 is 0. The molecule has 0 N–H and O–H groups in total. The van der Waals surface area contributed by atoms with E-state index in [2.05, 4.69) is 42.9 Å². The molecule has 0 bridgehead atoms. The van der Waals surface area contributed by atoms with Crippen molar-refractivity contribution in [1.82, 2.24) is 0 Å². The molecule has 0 saturated heterocycles. The van der Waals surface area contributed by atoms with Gasteiger partial charge in [-0.25, -0.2) is 4.57 Å². The van der Waals surface area contributed by atoms with Crippen molar-refractivity contribution in [2.75, 3.05) is 0 Å². The third kappa shape index (κ3) is 8.74. The third-order valence-corrected chi connectivity index (χ3v) is 3.64. The van der Waals surface area contributed by atoms with Gasteiger partial charge in [-0.3, -0.25) is 0 Å². The molecule has 0 aliphatic heterocycles. The minimum Gasteiger partial charge on any atom is -1.00 e. The summed E-state index contributed by atoms with van der Waals surface area (Å²) < 4.78 is 2.32. The van der Waals surface area contributed by atoms with E-state index in [0.717, 1.165) is 6.42 Å². The second-order valence-corrected chi connectivity index (χ2v) is 5.27. The molecule has 0 saturated carbocycles. The van der Waals surface area contributed by atoms with Crippen LogP contribution in [0.4, 0.5) is 0 Å². The number of hydrogen-bond acceptors (Lipinski definition) is 0. The van der Waals surface area contributed by atoms with E-state index in [1.807, 2.05) is 0 Å². The average Bonchev–Trinajstić information content (AvgIpc) is 2.42. The summed E-state index contributed by atoms with van der Waals surface area (Å²) in [6.45, 7) is 5.66. The Morgan fingerprint density at radius 2 is 1.32 bits per heavy atom. The minimum absolute atomic E-state index is 0. The van der Waals surface area contributed by atoms with Gasteiger partial charge in [0, 0.05) is 18.6 Å². The molecule has 0 spiro atoms. The Morgan fingerprint density at radius 1 is 0.789 bits per heavy atom. The molecule has 1 nitrogen and oxygen atoms in total. The monoisotopic (exact) mass is 267 g/mol. The third-order valence-electron chi connectivity index (χ3n) is 3.64. The Morgan fingerprint density at radius 3 is 1.84 bits per heavy atom. The molecule has 0 aliphatic rings. The molecular formula is C17H30FN. The molecule has 1 aromatic rings. The van der Waals surface area contributed by atoms with E-state index in [-0.39, 0.29) is 4.70 Å². The number of aromatic nitrogens is 1. The summed E-state index contributed by atoms with van der Waals surface area (Å²) in [6, 6.07) is 4.48. The van der Waals surface area contributed by atoms with Gasteiger partial charge >= 0.3 is 0 Å². The lowest BCUT2D eigenvalue weighted by atomic mass is 10.1. The van der Waals surface area contributed by atoms with E-state index in [0.29, 0.717) is 0 Å². The number of nitrogens with zero attached hydrogens (tertiary/aromatic N) is 1. The SMILES string of the molecule is CCCCCCCCCC[n+]1ccc(CC)cc1.[F-]. The van der Waals surface area contributed by atoms with Crippen molar-refractivity contribution in [2.45, 2.75) is 78.2 Å². The van der Waals surface area contributed by atoms with Gasteiger partial charge in [-0.15, -0.1) is 0 Å². The molecule has 0 aromatic carbocycles. The zero-order valence-corrected chi connectivity index (χ0v) is 12.7. The fourth-order valence-corrected chi connectivity index (χ4v) is 2.30. The van der Waals surface area contributed by atoms with Crippen molar-refractivity contribution in [1.29, 1.82) is 0 Å². The summed E-state index contributed by atoms with van der Waals surface area (Å²) in [7, 11) is 0. The van der Waals surface area contributed by atoms with Crippen LogP contribution < -0.4 is 9.27 Å². The maximum absolute atomic E-state index is 2.32. The van der Waals surface area contributed by atoms with Gasteiger partial charge in [0.05, 0.1) is 0 Å². The number of rotatable bonds is 10. The van der Waals surface area contributed by atoms with E-state index in [4.69, 9.17) is 0 Å². The largest absolute Gasteiger partial charge is 1.00 e. The molecule has 1 heterocycles. The van der Waals surface area contributed by atoms with E-state index >= 15 is 0 Å². The lowest BCUT2D eigenvalue weighted by Gasteiger charge is -2.00. The van der Waals surface area contributed by atoms with Gasteiger partial charge in [0.1, 0.15) is 6.54 Å². The molecule has 1 rings (SSSR count). The maximum atomic E-state index is 2.32. The molecular weight excluding hydrogens is 237 g/mol. The van der Waals surface area contributed by atoms with Gasteiger partial charge in [-0.1, -0.05) is 52.4 Å². The van der Waals surface area contributed by atoms with Crippen LogP contribution in [0.1, 0.15) is 70.8 Å². The lowest BCUT2D eigenvalue weighted by molar-refractivity contribution is -0.697. The highest BCUT2D eigenvalue weighted by atomic mass is 19.0. The fraction of sp³-hybridized carbons (Fsp3) is 0.706. The van der Waals surface area contributed by atoms with Gasteiger partial charge in [0.2, 0.25) is 0 Å². The maximum Gasteiger partial charge on any atom is 0.169 e. The predicted octanol–water partition coefficient (Wildman–Crippen LogP) is 1.68. The Balaban J connectivity index is 0.00000324. The van der Waals surface area contributed by atoms with E-state index in [1.54, 1.807) is 0 Å². The highest BCUT2D eigenvalue weighted by molar-refractivity contribution is 5.06. The Labute approximate surface area is 118 Å². The van der Waals surface area contributed by atoms with Crippen LogP contribution in [-0.4, -0.2) is 0 Å². The smallest absolute Gasteiger partial charge is 0.169 e. The quantitative estimate of drug-likeness (QED) is 0.449. The molecule has 0 fully saturated rings. The zero-order valence-electron chi connectivity index (χ0n) is 12.7. The number of hydrogen-bond donors (Lipinski definition) is 0. The highest BCUT2D eigenvalue weighted by Gasteiger charge is 1.99. The summed E-state index contributed by atoms with van der Waals surface area (Å²) in [6.07, 6.45) is 16.8. The van der Waals surface area contributed by atoms with Gasteiger partial charge in [-0.05, 0) is 18.4 Å². The number of aryl methyl sites for hydroxylation is 2. The summed E-state index contributed by atoms with van der Waals surface area (Å²) in [5, 5.41) is 0. The van der Waals surface area contributed by atoms with E-state index < -0.39 is 0 Å². The predicted molar refractivity (Wildman–Crippen MR) is 78.6 cm³/mol. The van der Waals surface area contributed by atoms with Crippen LogP contribution in [0.5, 0.6) is 0 Å². The first-order chi connectivity index (χ1) is 8.86. The van der Waals surface area contributed by atoms with Crippen molar-refractivity contribution in [3.8, 4) is 0 Å². The van der Waals surface area contributed by atoms with Crippen molar-refractivity contribution in [2.24, 2.45) is 0 Å². The number of unbranched alkanes of at least 4 members (excludes halogenated alkanes) is 7. The Kier molecular flexibility index (Phi) is 11.5. The normalized spacial score (nSPS) is 10.2. The van der Waals surface area contributed by atoms with Crippen molar-refractivity contribution in [3.05, 3.63) is 30.1 Å². The second-order valence-electron chi connectivity index (χ2n) is 5.27. The molecule has 110 valence electrons. The van der Waals surface area contributed by atoms with Crippen LogP contribution in [0, 0.1) is 0 Å². The molecule has 1 aromatic heterocycles. The van der Waals surface area contributed by atoms with Crippen LogP contribution in [0.2, 0.25) is 0 Å². The van der Waals surface area contributed by atoms with Crippen molar-refractivity contribution >= 4 is 0 Å². The van der Waals surface area contributed by atoms with E-state index in [9.17, 15) is 0 Å². The zero-order chi connectivity index (χ0) is 13.1. The van der Waals surface area contributed by atoms with Gasteiger partial charge in [-0.2, -0.15) is 0 Å². The van der Waals surface area contributed by atoms with Gasteiger partial charge in [0.25, 0.3) is 0 Å².